The molecule has 0 aliphatic heterocycles. The summed E-state index contributed by atoms with van der Waals surface area (Å²) in [4.78, 5) is 0. The number of fused-ring (bicyclic) bond motifs is 2. The Morgan fingerprint density at radius 2 is 0.862 bits per heavy atom. The van der Waals surface area contributed by atoms with Crippen molar-refractivity contribution in [2.24, 2.45) is 0 Å². The highest BCUT2D eigenvalue weighted by Gasteiger charge is 2.18. The van der Waals surface area contributed by atoms with Gasteiger partial charge in [-0.25, -0.2) is 8.42 Å². The molecule has 5 heteroatoms. The summed E-state index contributed by atoms with van der Waals surface area (Å²) in [6.07, 6.45) is 0. The summed E-state index contributed by atoms with van der Waals surface area (Å²) in [6, 6.07) is 22.7. The zero-order valence-corrected chi connectivity index (χ0v) is 16.7. The van der Waals surface area contributed by atoms with Gasteiger partial charge in [0.15, 0.2) is 9.84 Å². The van der Waals surface area contributed by atoms with E-state index >= 15 is 0 Å². The number of aliphatic hydroxyl groups excluding tert-OH is 2. The van der Waals surface area contributed by atoms with E-state index in [4.69, 9.17) is 0 Å². The molecule has 0 unspecified atom stereocenters. The van der Waals surface area contributed by atoms with Gasteiger partial charge in [-0.1, -0.05) is 48.5 Å². The van der Waals surface area contributed by atoms with E-state index in [0.29, 0.717) is 22.3 Å². The number of sulfone groups is 1. The Bertz CT molecular complexity index is 1200. The van der Waals surface area contributed by atoms with Crippen LogP contribution in [0.15, 0.2) is 72.8 Å². The topological polar surface area (TPSA) is 74.6 Å². The van der Waals surface area contributed by atoms with Gasteiger partial charge < -0.3 is 10.2 Å². The van der Waals surface area contributed by atoms with E-state index in [2.05, 4.69) is 0 Å². The molecule has 29 heavy (non-hydrogen) atoms. The Hall–Kier alpha value is -2.73. The van der Waals surface area contributed by atoms with E-state index in [1.165, 1.54) is 0 Å². The second-order valence-electron chi connectivity index (χ2n) is 7.28. The molecule has 0 fully saturated rings. The molecule has 2 N–H and O–H groups in total. The van der Waals surface area contributed by atoms with Crippen molar-refractivity contribution in [3.05, 3.63) is 95.1 Å². The van der Waals surface area contributed by atoms with E-state index < -0.39 is 9.84 Å². The van der Waals surface area contributed by atoms with Gasteiger partial charge in [0.2, 0.25) is 0 Å². The van der Waals surface area contributed by atoms with Gasteiger partial charge in [-0.3, -0.25) is 0 Å². The molecule has 0 atom stereocenters. The Labute approximate surface area is 170 Å². The van der Waals surface area contributed by atoms with E-state index in [9.17, 15) is 18.6 Å². The van der Waals surface area contributed by atoms with Gasteiger partial charge in [0.25, 0.3) is 0 Å². The first-order chi connectivity index (χ1) is 14.0. The standard InChI is InChI=1S/C24H22O4S/c25-13-21-9-17-5-1-3-7-19(17)11-23(21)15-29(27,28)16-24-12-20-8-4-2-6-18(20)10-22(24)14-26/h1-12,25-26H,13-16H2. The van der Waals surface area contributed by atoms with Crippen LogP contribution in [0.1, 0.15) is 22.3 Å². The van der Waals surface area contributed by atoms with Crippen molar-refractivity contribution < 1.29 is 18.6 Å². The third kappa shape index (κ3) is 4.17. The summed E-state index contributed by atoms with van der Waals surface area (Å²) in [5.74, 6) is -0.323. The van der Waals surface area contributed by atoms with Gasteiger partial charge in [-0.15, -0.1) is 0 Å². The normalized spacial score (nSPS) is 11.9. The van der Waals surface area contributed by atoms with Crippen molar-refractivity contribution in [2.45, 2.75) is 24.7 Å². The lowest BCUT2D eigenvalue weighted by Crippen LogP contribution is -2.11. The largest absolute Gasteiger partial charge is 0.392 e. The van der Waals surface area contributed by atoms with Crippen LogP contribution in [0, 0.1) is 0 Å². The van der Waals surface area contributed by atoms with Gasteiger partial charge >= 0.3 is 0 Å². The Balaban J connectivity index is 1.70. The second-order valence-corrected chi connectivity index (χ2v) is 9.35. The summed E-state index contributed by atoms with van der Waals surface area (Å²) < 4.78 is 26.0. The minimum absolute atomic E-state index is 0.161. The van der Waals surface area contributed by atoms with Crippen molar-refractivity contribution in [1.82, 2.24) is 0 Å². The first-order valence-corrected chi connectivity index (χ1v) is 11.2. The lowest BCUT2D eigenvalue weighted by molar-refractivity contribution is 0.281. The Morgan fingerprint density at radius 3 is 1.17 bits per heavy atom. The first-order valence-electron chi connectivity index (χ1n) is 9.42. The maximum atomic E-state index is 13.0. The van der Waals surface area contributed by atoms with E-state index in [-0.39, 0.29) is 24.7 Å². The van der Waals surface area contributed by atoms with Gasteiger partial charge in [-0.05, 0) is 68.1 Å². The van der Waals surface area contributed by atoms with E-state index in [0.717, 1.165) is 21.5 Å². The fourth-order valence-electron chi connectivity index (χ4n) is 3.76. The predicted octanol–water partition coefficient (Wildman–Crippen LogP) is 4.09. The fraction of sp³-hybridized carbons (Fsp3) is 0.167. The molecule has 4 rings (SSSR count). The first kappa shape index (κ1) is 19.6. The SMILES string of the molecule is O=S(=O)(Cc1cc2ccccc2cc1CO)Cc1cc2ccccc2cc1CO. The average Bonchev–Trinajstić information content (AvgIpc) is 2.72. The van der Waals surface area contributed by atoms with Crippen LogP contribution < -0.4 is 0 Å². The molecule has 0 aromatic heterocycles. The second kappa shape index (κ2) is 7.95. The minimum atomic E-state index is -3.51. The van der Waals surface area contributed by atoms with Crippen LogP contribution in [0.25, 0.3) is 21.5 Å². The lowest BCUT2D eigenvalue weighted by Gasteiger charge is -2.13. The average molecular weight is 407 g/mol. The maximum Gasteiger partial charge on any atom is 0.158 e. The smallest absolute Gasteiger partial charge is 0.158 e. The van der Waals surface area contributed by atoms with Crippen LogP contribution in [0.5, 0.6) is 0 Å². The summed E-state index contributed by atoms with van der Waals surface area (Å²) in [6.45, 7) is -0.429. The van der Waals surface area contributed by atoms with Crippen molar-refractivity contribution in [2.75, 3.05) is 0 Å². The number of aliphatic hydroxyl groups is 2. The van der Waals surface area contributed by atoms with Crippen molar-refractivity contribution in [1.29, 1.82) is 0 Å². The molecule has 0 saturated heterocycles. The van der Waals surface area contributed by atoms with Gasteiger partial charge in [0, 0.05) is 0 Å². The summed E-state index contributed by atoms with van der Waals surface area (Å²) in [7, 11) is -3.51. The van der Waals surface area contributed by atoms with Crippen molar-refractivity contribution in [3.63, 3.8) is 0 Å². The fourth-order valence-corrected chi connectivity index (χ4v) is 5.34. The molecule has 0 aliphatic rings. The molecule has 0 radical (unpaired) electrons. The Kier molecular flexibility index (Phi) is 5.37. The van der Waals surface area contributed by atoms with Crippen LogP contribution >= 0.6 is 0 Å². The summed E-state index contributed by atoms with van der Waals surface area (Å²) in [5.41, 5.74) is 2.46. The predicted molar refractivity (Wildman–Crippen MR) is 116 cm³/mol. The van der Waals surface area contributed by atoms with Gasteiger partial charge in [0.05, 0.1) is 24.7 Å². The summed E-state index contributed by atoms with van der Waals surface area (Å²) in [5, 5.41) is 23.3. The third-order valence-electron chi connectivity index (χ3n) is 5.23. The molecule has 0 saturated carbocycles. The highest BCUT2D eigenvalue weighted by molar-refractivity contribution is 7.89. The zero-order valence-electron chi connectivity index (χ0n) is 15.9. The molecule has 4 aromatic carbocycles. The summed E-state index contributed by atoms with van der Waals surface area (Å²) >= 11 is 0. The monoisotopic (exact) mass is 406 g/mol. The molecule has 4 aromatic rings. The van der Waals surface area contributed by atoms with Crippen LogP contribution in [-0.2, 0) is 34.6 Å². The molecule has 0 bridgehead atoms. The van der Waals surface area contributed by atoms with Crippen LogP contribution in [0.4, 0.5) is 0 Å². The number of rotatable bonds is 6. The molecule has 0 amide bonds. The van der Waals surface area contributed by atoms with Gasteiger partial charge in [0.1, 0.15) is 0 Å². The quantitative estimate of drug-likeness (QED) is 0.506. The van der Waals surface area contributed by atoms with E-state index in [1.807, 2.05) is 72.8 Å². The molecule has 0 spiro atoms. The molecule has 4 nitrogen and oxygen atoms in total. The van der Waals surface area contributed by atoms with E-state index in [1.54, 1.807) is 0 Å². The number of benzene rings is 4. The highest BCUT2D eigenvalue weighted by atomic mass is 32.2. The molecule has 0 aliphatic carbocycles. The van der Waals surface area contributed by atoms with Crippen LogP contribution in [0.3, 0.4) is 0 Å². The third-order valence-corrected chi connectivity index (χ3v) is 6.73. The zero-order chi connectivity index (χ0) is 20.4. The number of hydrogen-bond acceptors (Lipinski definition) is 4. The van der Waals surface area contributed by atoms with Crippen molar-refractivity contribution in [3.8, 4) is 0 Å². The maximum absolute atomic E-state index is 13.0. The molecular formula is C24H22O4S. The minimum Gasteiger partial charge on any atom is -0.392 e. The molecule has 148 valence electrons. The molecule has 0 heterocycles. The number of hydrogen-bond donors (Lipinski definition) is 2. The van der Waals surface area contributed by atoms with Crippen molar-refractivity contribution >= 4 is 31.4 Å². The Morgan fingerprint density at radius 1 is 0.552 bits per heavy atom. The lowest BCUT2D eigenvalue weighted by atomic mass is 10.0. The highest BCUT2D eigenvalue weighted by Crippen LogP contribution is 2.26. The van der Waals surface area contributed by atoms with Crippen LogP contribution in [0.2, 0.25) is 0 Å². The van der Waals surface area contributed by atoms with Gasteiger partial charge in [-0.2, -0.15) is 0 Å². The molecular weight excluding hydrogens is 384 g/mol. The van der Waals surface area contributed by atoms with Crippen LogP contribution in [-0.4, -0.2) is 18.6 Å².